The highest BCUT2D eigenvalue weighted by Gasteiger charge is 2.58. The second-order valence-corrected chi connectivity index (χ2v) is 11.7. The number of fused-ring (bicyclic) bond motifs is 5. The molecule has 3 aliphatic carbocycles. The van der Waals surface area contributed by atoms with Crippen molar-refractivity contribution in [3.8, 4) is 5.75 Å². The van der Waals surface area contributed by atoms with Crippen LogP contribution in [0, 0.1) is 30.1 Å². The molecule has 0 aliphatic heterocycles. The third-order valence-electron chi connectivity index (χ3n) is 8.56. The number of benzene rings is 1. The van der Waals surface area contributed by atoms with Gasteiger partial charge in [-0.1, -0.05) is 6.92 Å². The number of nitrogens with zero attached hydrogens (tertiary/aromatic N) is 1. The Morgan fingerprint density at radius 1 is 1.36 bits per heavy atom. The number of anilines is 2. The number of carbonyl (C=O) groups is 2. The number of Topliss-reactive ketones (excluding diaryl/α,β-unsaturated/α-hetero) is 1. The zero-order valence-corrected chi connectivity index (χ0v) is 20.2. The summed E-state index contributed by atoms with van der Waals surface area (Å²) in [6.45, 7) is 4.16. The van der Waals surface area contributed by atoms with Crippen molar-refractivity contribution in [2.45, 2.75) is 71.1 Å². The lowest BCUT2D eigenvalue weighted by Crippen LogP contribution is -2.44. The van der Waals surface area contributed by atoms with Crippen LogP contribution in [-0.4, -0.2) is 21.8 Å². The Labute approximate surface area is 199 Å². The summed E-state index contributed by atoms with van der Waals surface area (Å²) in [7, 11) is 0. The summed E-state index contributed by atoms with van der Waals surface area (Å²) in [4.78, 5) is 30.8. The predicted molar refractivity (Wildman–Crippen MR) is 130 cm³/mol. The van der Waals surface area contributed by atoms with Crippen LogP contribution in [0.1, 0.15) is 73.8 Å². The molecule has 3 aliphatic rings. The number of aryl methyl sites for hydroxylation is 2. The normalized spacial score (nSPS) is 30.4. The summed E-state index contributed by atoms with van der Waals surface area (Å²) in [5.74, 6) is 2.14. The number of amides is 1. The molecule has 1 heterocycles. The van der Waals surface area contributed by atoms with Gasteiger partial charge in [0, 0.05) is 29.3 Å². The van der Waals surface area contributed by atoms with E-state index in [1.807, 2.05) is 19.1 Å². The number of aromatic hydroxyl groups is 1. The highest BCUT2D eigenvalue weighted by molar-refractivity contribution is 7.15. The lowest BCUT2D eigenvalue weighted by atomic mass is 9.54. The van der Waals surface area contributed by atoms with E-state index in [-0.39, 0.29) is 17.1 Å². The van der Waals surface area contributed by atoms with E-state index in [2.05, 4.69) is 17.2 Å². The fraction of sp³-hybridized carbons (Fsp3) is 0.577. The van der Waals surface area contributed by atoms with Crippen molar-refractivity contribution < 1.29 is 14.7 Å². The van der Waals surface area contributed by atoms with Crippen molar-refractivity contribution in [1.29, 1.82) is 0 Å². The molecule has 2 aromatic rings. The first kappa shape index (κ1) is 22.4. The van der Waals surface area contributed by atoms with Crippen LogP contribution in [0.3, 0.4) is 0 Å². The molecule has 0 bridgehead atoms. The number of phenols is 1. The van der Waals surface area contributed by atoms with Crippen molar-refractivity contribution in [3.63, 3.8) is 0 Å². The molecule has 0 radical (unpaired) electrons. The molecule has 1 aromatic heterocycles. The Morgan fingerprint density at radius 3 is 2.94 bits per heavy atom. The molecule has 3 unspecified atom stereocenters. The van der Waals surface area contributed by atoms with Crippen LogP contribution in [0.5, 0.6) is 5.75 Å². The minimum atomic E-state index is -0.244. The first-order valence-corrected chi connectivity index (χ1v) is 12.9. The van der Waals surface area contributed by atoms with E-state index < -0.39 is 0 Å². The molecule has 1 amide bonds. The van der Waals surface area contributed by atoms with Crippen LogP contribution in [0.4, 0.5) is 10.8 Å². The number of carbonyl (C=O) groups excluding carboxylic acids is 2. The fourth-order valence-corrected chi connectivity index (χ4v) is 7.75. The van der Waals surface area contributed by atoms with Gasteiger partial charge in [0.05, 0.1) is 5.69 Å². The number of nitrogen functional groups attached to an aromatic ring is 1. The Kier molecular flexibility index (Phi) is 5.71. The number of hydrogen-bond acceptors (Lipinski definition) is 6. The molecule has 1 aromatic carbocycles. The summed E-state index contributed by atoms with van der Waals surface area (Å²) < 4.78 is 0. The average molecular weight is 468 g/mol. The van der Waals surface area contributed by atoms with Crippen LogP contribution < -0.4 is 11.1 Å². The van der Waals surface area contributed by atoms with E-state index in [9.17, 15) is 14.7 Å². The Hall–Kier alpha value is -2.41. The highest BCUT2D eigenvalue weighted by Crippen LogP contribution is 2.62. The molecule has 6 nitrogen and oxygen atoms in total. The summed E-state index contributed by atoms with van der Waals surface area (Å²) in [6, 6.07) is 3.81. The van der Waals surface area contributed by atoms with Crippen LogP contribution in [0.25, 0.3) is 0 Å². The molecule has 4 N–H and O–H groups in total. The van der Waals surface area contributed by atoms with Gasteiger partial charge in [0.2, 0.25) is 5.91 Å². The van der Waals surface area contributed by atoms with Gasteiger partial charge >= 0.3 is 0 Å². The molecule has 2 fully saturated rings. The zero-order valence-electron chi connectivity index (χ0n) is 19.4. The first-order valence-electron chi connectivity index (χ1n) is 12.1. The maximum atomic E-state index is 13.2. The van der Waals surface area contributed by atoms with E-state index in [0.717, 1.165) is 43.4 Å². The molecule has 0 spiro atoms. The number of nitrogens with one attached hydrogen (secondary N) is 1. The van der Waals surface area contributed by atoms with Gasteiger partial charge in [-0.25, -0.2) is 4.98 Å². The lowest BCUT2D eigenvalue weighted by Gasteiger charge is -2.50. The van der Waals surface area contributed by atoms with E-state index >= 15 is 0 Å². The van der Waals surface area contributed by atoms with E-state index in [1.165, 1.54) is 22.5 Å². The van der Waals surface area contributed by atoms with Crippen LogP contribution in [0.2, 0.25) is 0 Å². The topological polar surface area (TPSA) is 105 Å². The Bertz CT molecular complexity index is 1100. The monoisotopic (exact) mass is 467 g/mol. The van der Waals surface area contributed by atoms with Crippen LogP contribution in [-0.2, 0) is 16.0 Å². The molecule has 176 valence electrons. The molecule has 5 atom stereocenters. The van der Waals surface area contributed by atoms with Gasteiger partial charge < -0.3 is 16.2 Å². The maximum absolute atomic E-state index is 13.2. The van der Waals surface area contributed by atoms with Gasteiger partial charge in [-0.3, -0.25) is 9.59 Å². The van der Waals surface area contributed by atoms with Gasteiger partial charge in [0.15, 0.2) is 5.13 Å². The number of hydrogen-bond donors (Lipinski definition) is 3. The van der Waals surface area contributed by atoms with Gasteiger partial charge in [-0.2, -0.15) is 0 Å². The van der Waals surface area contributed by atoms with Crippen molar-refractivity contribution in [2.24, 2.45) is 23.2 Å². The molecule has 7 heteroatoms. The average Bonchev–Trinajstić information content (AvgIpc) is 3.28. The standard InChI is InChI=1S/C26H33N3O3S/c1-14-13-28-25(33-14)29-23(32)5-3-4-16-11-22(31)26(2)9-8-17-18(24(16)26)7-6-15-10-21(30)20(27)12-19(15)17/h10,12-13,16-18,24,30H,3-9,11,27H2,1-2H3,(H,28,29,32)/t16-,17?,18?,24?,26-/m1/s1. The summed E-state index contributed by atoms with van der Waals surface area (Å²) >= 11 is 1.49. The second kappa shape index (κ2) is 8.42. The summed E-state index contributed by atoms with van der Waals surface area (Å²) in [5.41, 5.74) is 8.74. The summed E-state index contributed by atoms with van der Waals surface area (Å²) in [6.07, 6.45) is 8.45. The van der Waals surface area contributed by atoms with Crippen LogP contribution >= 0.6 is 11.3 Å². The van der Waals surface area contributed by atoms with Crippen molar-refractivity contribution in [2.75, 3.05) is 11.1 Å². The van der Waals surface area contributed by atoms with Gasteiger partial charge in [0.1, 0.15) is 11.5 Å². The quantitative estimate of drug-likeness (QED) is 0.414. The number of nitrogens with two attached hydrogens (primary N) is 1. The fourth-order valence-electron chi connectivity index (χ4n) is 7.07. The Balaban J connectivity index is 1.29. The van der Waals surface area contributed by atoms with Crippen molar-refractivity contribution >= 4 is 33.8 Å². The van der Waals surface area contributed by atoms with E-state index in [4.69, 9.17) is 5.73 Å². The molecular formula is C26H33N3O3S. The minimum absolute atomic E-state index is 0.000155. The lowest BCUT2D eigenvalue weighted by molar-refractivity contribution is -0.129. The largest absolute Gasteiger partial charge is 0.506 e. The molecule has 33 heavy (non-hydrogen) atoms. The van der Waals surface area contributed by atoms with Gasteiger partial charge in [0.25, 0.3) is 0 Å². The van der Waals surface area contributed by atoms with Gasteiger partial charge in [-0.05, 0) is 92.4 Å². The van der Waals surface area contributed by atoms with Crippen LogP contribution in [0.15, 0.2) is 18.3 Å². The van der Waals surface area contributed by atoms with E-state index in [0.29, 0.717) is 53.1 Å². The number of ketones is 1. The van der Waals surface area contributed by atoms with Crippen molar-refractivity contribution in [1.82, 2.24) is 4.98 Å². The smallest absolute Gasteiger partial charge is 0.226 e. The SMILES string of the molecule is Cc1cnc(NC(=O)CCC[C@@H]2CC(=O)[C@@]3(C)CCC4c5cc(N)c(O)cc5CCC4C23)s1. The van der Waals surface area contributed by atoms with Crippen molar-refractivity contribution in [3.05, 3.63) is 34.3 Å². The number of thiazole rings is 1. The van der Waals surface area contributed by atoms with E-state index in [1.54, 1.807) is 6.20 Å². The zero-order chi connectivity index (χ0) is 23.3. The predicted octanol–water partition coefficient (Wildman–Crippen LogP) is 5.20. The summed E-state index contributed by atoms with van der Waals surface area (Å²) in [5, 5.41) is 13.6. The molecule has 0 saturated heterocycles. The molecular weight excluding hydrogens is 434 g/mol. The molecule has 2 saturated carbocycles. The number of rotatable bonds is 5. The number of aromatic nitrogens is 1. The number of phenolic OH excluding ortho intramolecular Hbond substituents is 1. The van der Waals surface area contributed by atoms with Gasteiger partial charge in [-0.15, -0.1) is 11.3 Å². The highest BCUT2D eigenvalue weighted by atomic mass is 32.1. The second-order valence-electron chi connectivity index (χ2n) is 10.5. The minimum Gasteiger partial charge on any atom is -0.506 e. The third kappa shape index (κ3) is 3.94. The maximum Gasteiger partial charge on any atom is 0.226 e. The third-order valence-corrected chi connectivity index (χ3v) is 9.39. The molecule has 5 rings (SSSR count). The Morgan fingerprint density at radius 2 is 2.18 bits per heavy atom. The first-order chi connectivity index (χ1) is 15.8.